The largest absolute Gasteiger partial charge is 0.468 e. The standard InChI is InChI=1S/C17H31N3O/c1-14(2)10-18-11-15-9-17(21-13-15)12-20-7-5-16(6-8-20)19(3)4/h9,13-14,16,18H,5-8,10-12H2,1-4H3. The lowest BCUT2D eigenvalue weighted by Gasteiger charge is -2.34. The van der Waals surface area contributed by atoms with Crippen LogP contribution in [0.5, 0.6) is 0 Å². The molecular formula is C17H31N3O. The molecule has 1 aromatic heterocycles. The van der Waals surface area contributed by atoms with E-state index >= 15 is 0 Å². The fourth-order valence-electron chi connectivity index (χ4n) is 2.92. The highest BCUT2D eigenvalue weighted by Gasteiger charge is 2.21. The van der Waals surface area contributed by atoms with Gasteiger partial charge < -0.3 is 14.6 Å². The molecule has 1 aliphatic rings. The van der Waals surface area contributed by atoms with Crippen molar-refractivity contribution in [2.75, 3.05) is 33.7 Å². The Morgan fingerprint density at radius 2 is 2.05 bits per heavy atom. The minimum atomic E-state index is 0.689. The number of furan rings is 1. The van der Waals surface area contributed by atoms with Gasteiger partial charge in [0.15, 0.2) is 0 Å². The van der Waals surface area contributed by atoms with E-state index in [4.69, 9.17) is 4.42 Å². The Morgan fingerprint density at radius 3 is 2.67 bits per heavy atom. The summed E-state index contributed by atoms with van der Waals surface area (Å²) < 4.78 is 5.71. The third kappa shape index (κ3) is 5.46. The molecule has 1 fully saturated rings. The van der Waals surface area contributed by atoms with Crippen LogP contribution >= 0.6 is 0 Å². The molecule has 1 aromatic rings. The molecule has 0 bridgehead atoms. The van der Waals surface area contributed by atoms with E-state index < -0.39 is 0 Å². The highest BCUT2D eigenvalue weighted by atomic mass is 16.3. The summed E-state index contributed by atoms with van der Waals surface area (Å²) in [5, 5.41) is 3.46. The van der Waals surface area contributed by atoms with Crippen molar-refractivity contribution in [3.8, 4) is 0 Å². The van der Waals surface area contributed by atoms with Crippen LogP contribution in [0.1, 0.15) is 38.0 Å². The van der Waals surface area contributed by atoms with Crippen molar-refractivity contribution in [3.63, 3.8) is 0 Å². The Kier molecular flexibility index (Phi) is 6.27. The third-order valence-electron chi connectivity index (χ3n) is 4.26. The number of nitrogens with zero attached hydrogens (tertiary/aromatic N) is 2. The molecule has 0 saturated carbocycles. The van der Waals surface area contributed by atoms with Crippen molar-refractivity contribution in [1.29, 1.82) is 0 Å². The van der Waals surface area contributed by atoms with Gasteiger partial charge in [0.05, 0.1) is 12.8 Å². The Bertz CT molecular complexity index is 406. The fourth-order valence-corrected chi connectivity index (χ4v) is 2.92. The summed E-state index contributed by atoms with van der Waals surface area (Å²) in [6.07, 6.45) is 4.42. The summed E-state index contributed by atoms with van der Waals surface area (Å²) in [5.41, 5.74) is 1.26. The average Bonchev–Trinajstić information content (AvgIpc) is 2.86. The number of rotatable bonds is 7. The molecule has 0 aromatic carbocycles. The van der Waals surface area contributed by atoms with E-state index in [1.165, 1.54) is 31.5 Å². The van der Waals surface area contributed by atoms with E-state index in [9.17, 15) is 0 Å². The van der Waals surface area contributed by atoms with Gasteiger partial charge in [0.25, 0.3) is 0 Å². The van der Waals surface area contributed by atoms with Crippen molar-refractivity contribution in [1.82, 2.24) is 15.1 Å². The van der Waals surface area contributed by atoms with Crippen LogP contribution in [0.3, 0.4) is 0 Å². The fraction of sp³-hybridized carbons (Fsp3) is 0.765. The number of hydrogen-bond acceptors (Lipinski definition) is 4. The SMILES string of the molecule is CC(C)CNCc1coc(CN2CCC(N(C)C)CC2)c1. The molecule has 120 valence electrons. The summed E-state index contributed by atoms with van der Waals surface area (Å²) in [5.74, 6) is 1.79. The van der Waals surface area contributed by atoms with Gasteiger partial charge in [0.1, 0.15) is 5.76 Å². The van der Waals surface area contributed by atoms with Gasteiger partial charge in [-0.25, -0.2) is 0 Å². The van der Waals surface area contributed by atoms with Gasteiger partial charge in [-0.2, -0.15) is 0 Å². The molecule has 1 aliphatic heterocycles. The molecule has 4 heteroatoms. The lowest BCUT2D eigenvalue weighted by atomic mass is 10.0. The molecule has 2 heterocycles. The maximum Gasteiger partial charge on any atom is 0.118 e. The van der Waals surface area contributed by atoms with Crippen LogP contribution in [-0.2, 0) is 13.1 Å². The third-order valence-corrected chi connectivity index (χ3v) is 4.26. The maximum absolute atomic E-state index is 5.71. The molecule has 0 unspecified atom stereocenters. The van der Waals surface area contributed by atoms with Crippen molar-refractivity contribution in [2.45, 2.75) is 45.8 Å². The minimum Gasteiger partial charge on any atom is -0.468 e. The Hall–Kier alpha value is -0.840. The van der Waals surface area contributed by atoms with Crippen LogP contribution in [0.4, 0.5) is 0 Å². The number of piperidine rings is 1. The molecule has 21 heavy (non-hydrogen) atoms. The molecule has 1 saturated heterocycles. The van der Waals surface area contributed by atoms with Crippen LogP contribution in [0.25, 0.3) is 0 Å². The zero-order valence-corrected chi connectivity index (χ0v) is 14.1. The first kappa shape index (κ1) is 16.5. The lowest BCUT2D eigenvalue weighted by Crippen LogP contribution is -2.41. The van der Waals surface area contributed by atoms with E-state index in [0.29, 0.717) is 5.92 Å². The molecule has 2 rings (SSSR count). The molecule has 0 radical (unpaired) electrons. The van der Waals surface area contributed by atoms with Crippen molar-refractivity contribution < 1.29 is 4.42 Å². The molecule has 4 nitrogen and oxygen atoms in total. The minimum absolute atomic E-state index is 0.689. The molecule has 0 amide bonds. The van der Waals surface area contributed by atoms with Crippen LogP contribution < -0.4 is 5.32 Å². The van der Waals surface area contributed by atoms with Crippen molar-refractivity contribution in [3.05, 3.63) is 23.7 Å². The topological polar surface area (TPSA) is 31.7 Å². The predicted molar refractivity (Wildman–Crippen MR) is 87.2 cm³/mol. The first-order chi connectivity index (χ1) is 10.0. The van der Waals surface area contributed by atoms with E-state index in [1.807, 2.05) is 6.26 Å². The molecule has 0 aliphatic carbocycles. The van der Waals surface area contributed by atoms with E-state index in [1.54, 1.807) is 0 Å². The summed E-state index contributed by atoms with van der Waals surface area (Å²) in [6, 6.07) is 2.94. The van der Waals surface area contributed by atoms with Crippen molar-refractivity contribution >= 4 is 0 Å². The van der Waals surface area contributed by atoms with E-state index in [2.05, 4.69) is 49.1 Å². The predicted octanol–water partition coefficient (Wildman–Crippen LogP) is 2.55. The maximum atomic E-state index is 5.71. The normalized spacial score (nSPS) is 18.0. The van der Waals surface area contributed by atoms with Gasteiger partial charge in [-0.05, 0) is 45.5 Å². The molecule has 1 N–H and O–H groups in total. The lowest BCUT2D eigenvalue weighted by molar-refractivity contribution is 0.133. The van der Waals surface area contributed by atoms with Crippen LogP contribution in [0.15, 0.2) is 16.7 Å². The number of nitrogens with one attached hydrogen (secondary N) is 1. The van der Waals surface area contributed by atoms with Crippen LogP contribution in [-0.4, -0.2) is 49.6 Å². The van der Waals surface area contributed by atoms with Crippen molar-refractivity contribution in [2.24, 2.45) is 5.92 Å². The van der Waals surface area contributed by atoms with Gasteiger partial charge in [-0.1, -0.05) is 13.8 Å². The summed E-state index contributed by atoms with van der Waals surface area (Å²) in [7, 11) is 4.37. The first-order valence-corrected chi connectivity index (χ1v) is 8.20. The molecule has 0 atom stereocenters. The number of hydrogen-bond donors (Lipinski definition) is 1. The zero-order chi connectivity index (χ0) is 15.2. The quantitative estimate of drug-likeness (QED) is 0.837. The monoisotopic (exact) mass is 293 g/mol. The van der Waals surface area contributed by atoms with Gasteiger partial charge >= 0.3 is 0 Å². The second-order valence-corrected chi connectivity index (χ2v) is 6.92. The van der Waals surface area contributed by atoms with Crippen LogP contribution in [0.2, 0.25) is 0 Å². The van der Waals surface area contributed by atoms with E-state index in [-0.39, 0.29) is 0 Å². The van der Waals surface area contributed by atoms with E-state index in [0.717, 1.165) is 31.4 Å². The summed E-state index contributed by atoms with van der Waals surface area (Å²) >= 11 is 0. The molecular weight excluding hydrogens is 262 g/mol. The average molecular weight is 293 g/mol. The highest BCUT2D eigenvalue weighted by molar-refractivity contribution is 5.12. The van der Waals surface area contributed by atoms with Gasteiger partial charge in [-0.15, -0.1) is 0 Å². The second-order valence-electron chi connectivity index (χ2n) is 6.92. The van der Waals surface area contributed by atoms with Gasteiger partial charge in [0, 0.05) is 31.2 Å². The zero-order valence-electron chi connectivity index (χ0n) is 14.1. The Balaban J connectivity index is 1.73. The Morgan fingerprint density at radius 1 is 1.33 bits per heavy atom. The highest BCUT2D eigenvalue weighted by Crippen LogP contribution is 2.17. The Labute approximate surface area is 129 Å². The number of likely N-dealkylation sites (tertiary alicyclic amines) is 1. The second kappa shape index (κ2) is 7.97. The smallest absolute Gasteiger partial charge is 0.118 e. The first-order valence-electron chi connectivity index (χ1n) is 8.20. The summed E-state index contributed by atoms with van der Waals surface area (Å²) in [4.78, 5) is 4.85. The summed E-state index contributed by atoms with van der Waals surface area (Å²) in [6.45, 7) is 9.71. The molecule has 0 spiro atoms. The van der Waals surface area contributed by atoms with Crippen LogP contribution in [0, 0.1) is 5.92 Å². The van der Waals surface area contributed by atoms with Gasteiger partial charge in [-0.3, -0.25) is 4.90 Å². The van der Waals surface area contributed by atoms with Gasteiger partial charge in [0.2, 0.25) is 0 Å².